The number of aromatic amines is 1. The Balaban J connectivity index is 2.35. The molecule has 2 N–H and O–H groups in total. The van der Waals surface area contributed by atoms with Crippen molar-refractivity contribution in [3.8, 4) is 0 Å². The largest absolute Gasteiger partial charge is 0.469 e. The first kappa shape index (κ1) is 23.1. The van der Waals surface area contributed by atoms with E-state index >= 15 is 0 Å². The Bertz CT molecular complexity index is 868. The number of rotatable bonds is 7. The Morgan fingerprint density at radius 3 is 2.52 bits per heavy atom. The SMILES string of the molecule is COC(=O)C(CC(C)C)c1[nH]c2ccc(Cl)cc2c1CCNC(=O)OC(C)(C)C. The number of hydrogen-bond donors (Lipinski definition) is 2. The molecule has 6 nitrogen and oxygen atoms in total. The second-order valence-corrected chi connectivity index (χ2v) is 9.03. The molecule has 2 aromatic rings. The van der Waals surface area contributed by atoms with Crippen molar-refractivity contribution in [1.82, 2.24) is 10.3 Å². The molecule has 29 heavy (non-hydrogen) atoms. The molecule has 0 aliphatic carbocycles. The number of fused-ring (bicyclic) bond motifs is 1. The number of methoxy groups -OCH3 is 1. The molecule has 1 aromatic carbocycles. The molecule has 0 saturated heterocycles. The lowest BCUT2D eigenvalue weighted by atomic mass is 9.90. The van der Waals surface area contributed by atoms with Crippen LogP contribution in [-0.2, 0) is 20.7 Å². The quantitative estimate of drug-likeness (QED) is 0.601. The fourth-order valence-corrected chi connectivity index (χ4v) is 3.53. The van der Waals surface area contributed by atoms with Crippen molar-refractivity contribution in [1.29, 1.82) is 0 Å². The number of aromatic nitrogens is 1. The van der Waals surface area contributed by atoms with Crippen molar-refractivity contribution in [3.05, 3.63) is 34.5 Å². The van der Waals surface area contributed by atoms with Gasteiger partial charge in [-0.15, -0.1) is 0 Å². The topological polar surface area (TPSA) is 80.4 Å². The molecular weight excluding hydrogens is 392 g/mol. The lowest BCUT2D eigenvalue weighted by Crippen LogP contribution is -2.33. The van der Waals surface area contributed by atoms with Gasteiger partial charge in [-0.3, -0.25) is 4.79 Å². The van der Waals surface area contributed by atoms with E-state index in [1.165, 1.54) is 7.11 Å². The molecule has 0 saturated carbocycles. The van der Waals surface area contributed by atoms with Crippen molar-refractivity contribution >= 4 is 34.6 Å². The first-order chi connectivity index (χ1) is 13.5. The van der Waals surface area contributed by atoms with Crippen LogP contribution >= 0.6 is 11.6 Å². The Morgan fingerprint density at radius 2 is 1.93 bits per heavy atom. The number of amides is 1. The fourth-order valence-electron chi connectivity index (χ4n) is 3.36. The summed E-state index contributed by atoms with van der Waals surface area (Å²) in [4.78, 5) is 27.9. The highest BCUT2D eigenvalue weighted by Gasteiger charge is 2.28. The summed E-state index contributed by atoms with van der Waals surface area (Å²) in [6.45, 7) is 9.97. The number of ether oxygens (including phenoxy) is 2. The normalized spacial score (nSPS) is 12.8. The van der Waals surface area contributed by atoms with Crippen LogP contribution in [0.3, 0.4) is 0 Å². The van der Waals surface area contributed by atoms with Crippen molar-refractivity contribution < 1.29 is 19.1 Å². The van der Waals surface area contributed by atoms with Crippen molar-refractivity contribution in [2.45, 2.75) is 59.0 Å². The third-order valence-electron chi connectivity index (χ3n) is 4.49. The Kier molecular flexibility index (Phi) is 7.58. The number of halogens is 1. The number of carbonyl (C=O) groups excluding carboxylic acids is 2. The highest BCUT2D eigenvalue weighted by Crippen LogP contribution is 2.34. The molecule has 0 bridgehead atoms. The Morgan fingerprint density at radius 1 is 1.24 bits per heavy atom. The maximum Gasteiger partial charge on any atom is 0.407 e. The predicted octanol–water partition coefficient (Wildman–Crippen LogP) is 5.19. The van der Waals surface area contributed by atoms with Gasteiger partial charge in [0.2, 0.25) is 0 Å². The minimum Gasteiger partial charge on any atom is -0.469 e. The van der Waals surface area contributed by atoms with Crippen molar-refractivity contribution in [3.63, 3.8) is 0 Å². The summed E-state index contributed by atoms with van der Waals surface area (Å²) in [7, 11) is 1.40. The Hall–Kier alpha value is -2.21. The minimum atomic E-state index is -0.559. The van der Waals surface area contributed by atoms with Crippen LogP contribution in [0.4, 0.5) is 4.79 Å². The van der Waals surface area contributed by atoms with Gasteiger partial charge in [0, 0.05) is 28.2 Å². The minimum absolute atomic E-state index is 0.280. The second-order valence-electron chi connectivity index (χ2n) is 8.59. The molecule has 0 fully saturated rings. The summed E-state index contributed by atoms with van der Waals surface area (Å²) >= 11 is 6.22. The zero-order valence-corrected chi connectivity index (χ0v) is 18.8. The molecule has 1 unspecified atom stereocenters. The fraction of sp³-hybridized carbons (Fsp3) is 0.545. The van der Waals surface area contributed by atoms with E-state index in [2.05, 4.69) is 24.1 Å². The highest BCUT2D eigenvalue weighted by atomic mass is 35.5. The number of esters is 1. The number of nitrogens with one attached hydrogen (secondary N) is 2. The number of H-pyrrole nitrogens is 1. The van der Waals surface area contributed by atoms with E-state index in [9.17, 15) is 9.59 Å². The average Bonchev–Trinajstić information content (AvgIpc) is 2.95. The molecule has 160 valence electrons. The van der Waals surface area contributed by atoms with Crippen LogP contribution in [0.2, 0.25) is 5.02 Å². The maximum atomic E-state index is 12.5. The molecule has 1 aromatic heterocycles. The second kappa shape index (κ2) is 9.53. The summed E-state index contributed by atoms with van der Waals surface area (Å²) in [5.74, 6) is -0.387. The van der Waals surface area contributed by atoms with E-state index in [-0.39, 0.29) is 5.97 Å². The van der Waals surface area contributed by atoms with E-state index in [0.29, 0.717) is 30.3 Å². The summed E-state index contributed by atoms with van der Waals surface area (Å²) < 4.78 is 10.4. The van der Waals surface area contributed by atoms with Gasteiger partial charge >= 0.3 is 12.1 Å². The molecule has 1 amide bonds. The molecule has 1 atom stereocenters. The van der Waals surface area contributed by atoms with Gasteiger partial charge in [-0.1, -0.05) is 25.4 Å². The molecule has 0 radical (unpaired) electrons. The van der Waals surface area contributed by atoms with Gasteiger partial charge in [-0.2, -0.15) is 0 Å². The number of alkyl carbamates (subject to hydrolysis) is 1. The van der Waals surface area contributed by atoms with Crippen LogP contribution in [0.1, 0.15) is 58.2 Å². The van der Waals surface area contributed by atoms with Crippen LogP contribution in [-0.4, -0.2) is 36.3 Å². The summed E-state index contributed by atoms with van der Waals surface area (Å²) in [5, 5.41) is 4.34. The van der Waals surface area contributed by atoms with Crippen LogP contribution in [0.5, 0.6) is 0 Å². The standard InChI is InChI=1S/C22H31ClN2O4/c1-13(2)11-17(20(26)28-6)19-15(9-10-24-21(27)29-22(3,4)5)16-12-14(23)7-8-18(16)25-19/h7-8,12-13,17,25H,9-11H2,1-6H3,(H,24,27). The van der Waals surface area contributed by atoms with E-state index in [4.69, 9.17) is 21.1 Å². The van der Waals surface area contributed by atoms with Crippen molar-refractivity contribution in [2.75, 3.05) is 13.7 Å². The van der Waals surface area contributed by atoms with Gasteiger partial charge in [-0.05, 0) is 63.3 Å². The van der Waals surface area contributed by atoms with Crippen LogP contribution in [0.15, 0.2) is 18.2 Å². The van der Waals surface area contributed by atoms with Crippen LogP contribution in [0.25, 0.3) is 10.9 Å². The lowest BCUT2D eigenvalue weighted by Gasteiger charge is -2.20. The zero-order valence-electron chi connectivity index (χ0n) is 18.0. The van der Waals surface area contributed by atoms with E-state index in [1.54, 1.807) is 0 Å². The zero-order chi connectivity index (χ0) is 21.8. The molecule has 2 rings (SSSR count). The molecule has 0 aliphatic heterocycles. The summed E-state index contributed by atoms with van der Waals surface area (Å²) in [5.41, 5.74) is 2.11. The lowest BCUT2D eigenvalue weighted by molar-refractivity contribution is -0.143. The summed E-state index contributed by atoms with van der Waals surface area (Å²) in [6.07, 6.45) is 0.712. The molecule has 0 spiro atoms. The van der Waals surface area contributed by atoms with Gasteiger partial charge in [-0.25, -0.2) is 4.79 Å². The van der Waals surface area contributed by atoms with E-state index in [0.717, 1.165) is 22.2 Å². The smallest absolute Gasteiger partial charge is 0.407 e. The first-order valence-electron chi connectivity index (χ1n) is 9.86. The van der Waals surface area contributed by atoms with Gasteiger partial charge in [0.05, 0.1) is 13.0 Å². The number of benzene rings is 1. The van der Waals surface area contributed by atoms with Crippen LogP contribution in [0, 0.1) is 5.92 Å². The number of hydrogen-bond acceptors (Lipinski definition) is 4. The molecular formula is C22H31ClN2O4. The van der Waals surface area contributed by atoms with E-state index in [1.807, 2.05) is 39.0 Å². The van der Waals surface area contributed by atoms with Gasteiger partial charge < -0.3 is 19.8 Å². The summed E-state index contributed by atoms with van der Waals surface area (Å²) in [6, 6.07) is 5.58. The third kappa shape index (κ3) is 6.39. The predicted molar refractivity (Wildman–Crippen MR) is 115 cm³/mol. The number of carbonyl (C=O) groups is 2. The van der Waals surface area contributed by atoms with Crippen molar-refractivity contribution in [2.24, 2.45) is 5.92 Å². The van der Waals surface area contributed by atoms with Gasteiger partial charge in [0.15, 0.2) is 0 Å². The first-order valence-corrected chi connectivity index (χ1v) is 10.2. The average molecular weight is 423 g/mol. The van der Waals surface area contributed by atoms with Gasteiger partial charge in [0.25, 0.3) is 0 Å². The maximum absolute atomic E-state index is 12.5. The van der Waals surface area contributed by atoms with E-state index < -0.39 is 17.6 Å². The van der Waals surface area contributed by atoms with Gasteiger partial charge in [0.1, 0.15) is 5.60 Å². The monoisotopic (exact) mass is 422 g/mol. The molecule has 0 aliphatic rings. The van der Waals surface area contributed by atoms with Crippen LogP contribution < -0.4 is 5.32 Å². The highest BCUT2D eigenvalue weighted by molar-refractivity contribution is 6.31. The molecule has 7 heteroatoms. The Labute approximate surface area is 177 Å². The third-order valence-corrected chi connectivity index (χ3v) is 4.72. The molecule has 1 heterocycles.